The van der Waals surface area contributed by atoms with Gasteiger partial charge in [-0.25, -0.2) is 12.8 Å². The molecule has 33 heavy (non-hydrogen) atoms. The van der Waals surface area contributed by atoms with Crippen molar-refractivity contribution in [3.05, 3.63) is 65.0 Å². The number of carboxylic acid groups (broad SMARTS) is 1. The summed E-state index contributed by atoms with van der Waals surface area (Å²) in [5.41, 5.74) is 3.54. The van der Waals surface area contributed by atoms with E-state index in [1.807, 2.05) is 19.9 Å². The molecule has 2 rings (SSSR count). The van der Waals surface area contributed by atoms with E-state index in [0.717, 1.165) is 11.1 Å². The zero-order valence-electron chi connectivity index (χ0n) is 19.2. The fourth-order valence-electron chi connectivity index (χ4n) is 3.56. The Labute approximate surface area is 194 Å². The van der Waals surface area contributed by atoms with Crippen LogP contribution in [0.15, 0.2) is 42.5 Å². The minimum atomic E-state index is -3.36. The number of hydrogen-bond donors (Lipinski definition) is 3. The minimum Gasteiger partial charge on any atom is -0.481 e. The summed E-state index contributed by atoms with van der Waals surface area (Å²) in [6.07, 6.45) is 1.43. The number of carbonyl (C=O) groups is 1. The number of hydrogen-bond acceptors (Lipinski definition) is 5. The number of aliphatic hydroxyl groups is 2. The summed E-state index contributed by atoms with van der Waals surface area (Å²) in [7, 11) is -3.36. The largest absolute Gasteiger partial charge is 0.481 e. The molecule has 0 aromatic heterocycles. The number of carboxylic acids is 1. The Morgan fingerprint density at radius 2 is 1.70 bits per heavy atom. The Morgan fingerprint density at radius 3 is 2.21 bits per heavy atom. The molecule has 2 aromatic carbocycles. The molecule has 0 heterocycles. The highest BCUT2D eigenvalue weighted by Crippen LogP contribution is 2.36. The second kappa shape index (κ2) is 11.0. The van der Waals surface area contributed by atoms with E-state index in [1.165, 1.54) is 24.5 Å². The predicted octanol–water partition coefficient (Wildman–Crippen LogP) is 4.32. The van der Waals surface area contributed by atoms with E-state index in [1.54, 1.807) is 31.2 Å². The second-order valence-electron chi connectivity index (χ2n) is 8.62. The zero-order valence-corrected chi connectivity index (χ0v) is 20.0. The molecular formula is C25H31FO6S. The molecule has 0 aliphatic heterocycles. The SMILES string of the molecule is CC(C)c1cc(C(C)S(C)(=O)=O)cc(-c2ccc(F)cc2)c1/C=C/[C@@H](O)C[C@@H](O)CC(=O)O. The van der Waals surface area contributed by atoms with Crippen molar-refractivity contribution in [3.63, 3.8) is 0 Å². The molecule has 0 amide bonds. The highest BCUT2D eigenvalue weighted by molar-refractivity contribution is 7.90. The molecule has 1 unspecified atom stereocenters. The molecule has 0 saturated heterocycles. The maximum absolute atomic E-state index is 13.5. The summed E-state index contributed by atoms with van der Waals surface area (Å²) in [6, 6.07) is 9.44. The lowest BCUT2D eigenvalue weighted by Crippen LogP contribution is -2.19. The lowest BCUT2D eigenvalue weighted by molar-refractivity contribution is -0.139. The normalized spacial score (nSPS) is 15.0. The molecule has 2 aromatic rings. The summed E-state index contributed by atoms with van der Waals surface area (Å²) in [6.45, 7) is 5.54. The number of aliphatic hydroxyl groups excluding tert-OH is 2. The van der Waals surface area contributed by atoms with Crippen LogP contribution in [0.5, 0.6) is 0 Å². The van der Waals surface area contributed by atoms with E-state index in [0.29, 0.717) is 16.7 Å². The van der Waals surface area contributed by atoms with Gasteiger partial charge in [0, 0.05) is 12.7 Å². The van der Waals surface area contributed by atoms with Crippen LogP contribution in [-0.2, 0) is 14.6 Å². The van der Waals surface area contributed by atoms with Crippen molar-refractivity contribution < 1.29 is 32.9 Å². The van der Waals surface area contributed by atoms with E-state index in [9.17, 15) is 27.8 Å². The molecule has 3 N–H and O–H groups in total. The standard InChI is InChI=1S/C25H31FO6S/c1-15(2)23-11-18(16(3)33(4,31)32)12-24(17-5-7-19(26)8-6-17)22(23)10-9-20(27)13-21(28)14-25(29)30/h5-12,15-16,20-21,27-28H,13-14H2,1-4H3,(H,29,30)/b10-9+/t16?,20-,21-/m1/s1. The Kier molecular flexibility index (Phi) is 8.94. The van der Waals surface area contributed by atoms with Crippen molar-refractivity contribution in [2.75, 3.05) is 6.26 Å². The lowest BCUT2D eigenvalue weighted by Gasteiger charge is -2.21. The van der Waals surface area contributed by atoms with Gasteiger partial charge in [0.1, 0.15) is 5.82 Å². The van der Waals surface area contributed by atoms with Crippen molar-refractivity contribution >= 4 is 21.9 Å². The number of benzene rings is 2. The summed E-state index contributed by atoms with van der Waals surface area (Å²) in [5, 5.41) is 28.1. The average Bonchev–Trinajstić information content (AvgIpc) is 2.70. The van der Waals surface area contributed by atoms with Gasteiger partial charge in [0.15, 0.2) is 9.84 Å². The van der Waals surface area contributed by atoms with Crippen LogP contribution in [0.25, 0.3) is 17.2 Å². The van der Waals surface area contributed by atoms with Crippen molar-refractivity contribution in [2.24, 2.45) is 0 Å². The first-order valence-electron chi connectivity index (χ1n) is 10.7. The van der Waals surface area contributed by atoms with E-state index >= 15 is 0 Å². The molecule has 0 fully saturated rings. The third-order valence-electron chi connectivity index (χ3n) is 5.53. The summed E-state index contributed by atoms with van der Waals surface area (Å²) in [5.74, 6) is -1.55. The molecule has 6 nitrogen and oxygen atoms in total. The quantitative estimate of drug-likeness (QED) is 0.469. The highest BCUT2D eigenvalue weighted by Gasteiger charge is 2.22. The minimum absolute atomic E-state index is 0.00491. The number of rotatable bonds is 10. The summed E-state index contributed by atoms with van der Waals surface area (Å²) >= 11 is 0. The van der Waals surface area contributed by atoms with Crippen molar-refractivity contribution in [1.29, 1.82) is 0 Å². The van der Waals surface area contributed by atoms with Crippen LogP contribution < -0.4 is 0 Å². The van der Waals surface area contributed by atoms with Gasteiger partial charge < -0.3 is 15.3 Å². The van der Waals surface area contributed by atoms with Crippen LogP contribution in [-0.4, -0.2) is 48.2 Å². The number of aliphatic carboxylic acids is 1. The predicted molar refractivity (Wildman–Crippen MR) is 127 cm³/mol. The maximum Gasteiger partial charge on any atom is 0.305 e. The maximum atomic E-state index is 13.5. The number of halogens is 1. The number of sulfone groups is 1. The average molecular weight is 479 g/mol. The van der Waals surface area contributed by atoms with Crippen LogP contribution in [0, 0.1) is 5.82 Å². The first-order valence-corrected chi connectivity index (χ1v) is 12.6. The fraction of sp³-hybridized carbons (Fsp3) is 0.400. The van der Waals surface area contributed by atoms with Crippen molar-refractivity contribution in [3.8, 4) is 11.1 Å². The highest BCUT2D eigenvalue weighted by atomic mass is 32.2. The topological polar surface area (TPSA) is 112 Å². The smallest absolute Gasteiger partial charge is 0.305 e. The molecule has 0 bridgehead atoms. The van der Waals surface area contributed by atoms with Crippen LogP contribution in [0.3, 0.4) is 0 Å². The first kappa shape index (κ1) is 26.7. The Hall–Kier alpha value is -2.55. The molecule has 0 spiro atoms. The van der Waals surface area contributed by atoms with Crippen LogP contribution in [0.4, 0.5) is 4.39 Å². The molecule has 3 atom stereocenters. The van der Waals surface area contributed by atoms with Gasteiger partial charge in [-0.2, -0.15) is 0 Å². The van der Waals surface area contributed by atoms with Gasteiger partial charge in [-0.1, -0.05) is 44.2 Å². The van der Waals surface area contributed by atoms with Gasteiger partial charge >= 0.3 is 5.97 Å². The fourth-order valence-corrected chi connectivity index (χ4v) is 4.19. The Balaban J connectivity index is 2.61. The summed E-state index contributed by atoms with van der Waals surface area (Å²) in [4.78, 5) is 10.7. The van der Waals surface area contributed by atoms with Crippen molar-refractivity contribution in [1.82, 2.24) is 0 Å². The van der Waals surface area contributed by atoms with E-state index in [2.05, 4.69) is 0 Å². The Bertz CT molecular complexity index is 1110. The van der Waals surface area contributed by atoms with E-state index in [4.69, 9.17) is 5.11 Å². The third-order valence-corrected chi connectivity index (χ3v) is 7.09. The van der Waals surface area contributed by atoms with Crippen LogP contribution in [0.1, 0.15) is 61.5 Å². The third kappa shape index (κ3) is 7.48. The lowest BCUT2D eigenvalue weighted by atomic mass is 9.87. The molecule has 8 heteroatoms. The second-order valence-corrected chi connectivity index (χ2v) is 11.0. The molecule has 0 aliphatic rings. The van der Waals surface area contributed by atoms with Gasteiger partial charge in [-0.05, 0) is 58.9 Å². The summed E-state index contributed by atoms with van der Waals surface area (Å²) < 4.78 is 38.0. The van der Waals surface area contributed by atoms with Crippen LogP contribution in [0.2, 0.25) is 0 Å². The van der Waals surface area contributed by atoms with Gasteiger partial charge in [-0.3, -0.25) is 4.79 Å². The monoisotopic (exact) mass is 478 g/mol. The molecule has 0 radical (unpaired) electrons. The van der Waals surface area contributed by atoms with Gasteiger partial charge in [0.2, 0.25) is 0 Å². The zero-order chi connectivity index (χ0) is 24.9. The molecule has 0 saturated carbocycles. The molecule has 0 aliphatic carbocycles. The van der Waals surface area contributed by atoms with Gasteiger partial charge in [0.25, 0.3) is 0 Å². The Morgan fingerprint density at radius 1 is 1.09 bits per heavy atom. The van der Waals surface area contributed by atoms with Crippen molar-refractivity contribution in [2.45, 2.75) is 57.0 Å². The van der Waals surface area contributed by atoms with Gasteiger partial charge in [-0.15, -0.1) is 0 Å². The van der Waals surface area contributed by atoms with Crippen LogP contribution >= 0.6 is 0 Å². The molecular weight excluding hydrogens is 447 g/mol. The van der Waals surface area contributed by atoms with E-state index in [-0.39, 0.29) is 12.3 Å². The molecule has 180 valence electrons. The van der Waals surface area contributed by atoms with E-state index < -0.39 is 45.5 Å². The first-order chi connectivity index (χ1) is 15.3. The van der Waals surface area contributed by atoms with Gasteiger partial charge in [0.05, 0.1) is 23.9 Å².